The van der Waals surface area contributed by atoms with Crippen LogP contribution in [0.15, 0.2) is 54.6 Å². The Morgan fingerprint density at radius 2 is 1.85 bits per heavy atom. The fourth-order valence-corrected chi connectivity index (χ4v) is 3.37. The quantitative estimate of drug-likeness (QED) is 0.676. The molecule has 0 aliphatic rings. The number of carbonyl (C=O) groups is 1. The zero-order valence-corrected chi connectivity index (χ0v) is 16.5. The van der Waals surface area contributed by atoms with Crippen molar-refractivity contribution in [2.45, 2.75) is 19.9 Å². The van der Waals surface area contributed by atoms with Crippen LogP contribution in [0, 0.1) is 6.92 Å². The minimum atomic E-state index is -3.37. The molecule has 2 aromatic carbocycles. The first-order valence-electron chi connectivity index (χ1n) is 8.80. The topological polar surface area (TPSA) is 75.7 Å². The Kier molecular flexibility index (Phi) is 7.82. The van der Waals surface area contributed by atoms with Crippen LogP contribution in [0.2, 0.25) is 0 Å². The van der Waals surface area contributed by atoms with Crippen molar-refractivity contribution < 1.29 is 17.9 Å². The number of para-hydroxylation sites is 1. The minimum Gasteiger partial charge on any atom is -0.493 e. The van der Waals surface area contributed by atoms with Gasteiger partial charge in [0, 0.05) is 19.6 Å². The molecule has 2 aromatic rings. The molecule has 146 valence electrons. The van der Waals surface area contributed by atoms with Gasteiger partial charge in [0.2, 0.25) is 15.9 Å². The van der Waals surface area contributed by atoms with Gasteiger partial charge in [-0.25, -0.2) is 8.42 Å². The van der Waals surface area contributed by atoms with Crippen molar-refractivity contribution in [1.29, 1.82) is 0 Å². The van der Waals surface area contributed by atoms with Crippen LogP contribution in [0.1, 0.15) is 17.5 Å². The van der Waals surface area contributed by atoms with Gasteiger partial charge in [-0.15, -0.1) is 0 Å². The highest BCUT2D eigenvalue weighted by atomic mass is 32.2. The first-order valence-corrected chi connectivity index (χ1v) is 10.6. The van der Waals surface area contributed by atoms with Gasteiger partial charge in [0.15, 0.2) is 0 Å². The lowest BCUT2D eigenvalue weighted by Crippen LogP contribution is -2.38. The number of hydrogen-bond acceptors (Lipinski definition) is 4. The number of nitrogens with zero attached hydrogens (tertiary/aromatic N) is 1. The van der Waals surface area contributed by atoms with E-state index in [2.05, 4.69) is 5.32 Å². The lowest BCUT2D eigenvalue weighted by molar-refractivity contribution is -0.121. The second-order valence-corrected chi connectivity index (χ2v) is 8.33. The van der Waals surface area contributed by atoms with Crippen LogP contribution in [0.3, 0.4) is 0 Å². The van der Waals surface area contributed by atoms with Crippen LogP contribution in [0.4, 0.5) is 0 Å². The van der Waals surface area contributed by atoms with Crippen LogP contribution in [0.25, 0.3) is 0 Å². The molecule has 0 saturated carbocycles. The predicted octanol–water partition coefficient (Wildman–Crippen LogP) is 2.34. The number of amides is 1. The molecule has 0 heterocycles. The maximum Gasteiger partial charge on any atom is 0.223 e. The number of carbonyl (C=O) groups excluding carboxylic acids is 1. The summed E-state index contributed by atoms with van der Waals surface area (Å²) < 4.78 is 30.9. The number of benzene rings is 2. The molecule has 1 N–H and O–H groups in total. The summed E-state index contributed by atoms with van der Waals surface area (Å²) in [5.74, 6) is 0.543. The zero-order chi connectivity index (χ0) is 19.7. The Morgan fingerprint density at radius 3 is 2.52 bits per heavy atom. The molecule has 1 amide bonds. The summed E-state index contributed by atoms with van der Waals surface area (Å²) in [6.07, 6.45) is 1.39. The Hall–Kier alpha value is -2.38. The van der Waals surface area contributed by atoms with E-state index in [1.54, 1.807) is 0 Å². The fraction of sp³-hybridized carbons (Fsp3) is 0.350. The van der Waals surface area contributed by atoms with Crippen LogP contribution < -0.4 is 10.1 Å². The van der Waals surface area contributed by atoms with Gasteiger partial charge in [0.05, 0.1) is 19.3 Å². The monoisotopic (exact) mass is 390 g/mol. The van der Waals surface area contributed by atoms with Gasteiger partial charge in [-0.3, -0.25) is 4.79 Å². The SMILES string of the molecule is Cc1cccc(CN(CCNC(=O)CCOc2ccccc2)S(C)(=O)=O)c1. The maximum atomic E-state index is 12.0. The number of rotatable bonds is 10. The molecule has 0 atom stereocenters. The maximum absolute atomic E-state index is 12.0. The molecule has 0 unspecified atom stereocenters. The lowest BCUT2D eigenvalue weighted by atomic mass is 10.1. The van der Waals surface area contributed by atoms with Crippen LogP contribution in [0.5, 0.6) is 5.75 Å². The third-order valence-electron chi connectivity index (χ3n) is 3.93. The Balaban J connectivity index is 1.76. The van der Waals surface area contributed by atoms with Gasteiger partial charge in [0.1, 0.15) is 5.75 Å². The molecular formula is C20H26N2O4S. The van der Waals surface area contributed by atoms with Crippen molar-refractivity contribution in [3.63, 3.8) is 0 Å². The molecule has 0 aliphatic carbocycles. The van der Waals surface area contributed by atoms with E-state index in [0.717, 1.165) is 11.1 Å². The van der Waals surface area contributed by atoms with Crippen molar-refractivity contribution in [3.8, 4) is 5.75 Å². The highest BCUT2D eigenvalue weighted by Crippen LogP contribution is 2.10. The molecule has 0 saturated heterocycles. The molecule has 0 bridgehead atoms. The van der Waals surface area contributed by atoms with Crippen molar-refractivity contribution in [2.75, 3.05) is 26.0 Å². The van der Waals surface area contributed by atoms with Gasteiger partial charge in [-0.2, -0.15) is 4.31 Å². The number of ether oxygens (including phenoxy) is 1. The number of nitrogens with one attached hydrogen (secondary N) is 1. The number of hydrogen-bond donors (Lipinski definition) is 1. The van der Waals surface area contributed by atoms with Crippen LogP contribution >= 0.6 is 0 Å². The molecule has 7 heteroatoms. The van der Waals surface area contributed by atoms with Gasteiger partial charge < -0.3 is 10.1 Å². The molecular weight excluding hydrogens is 364 g/mol. The summed E-state index contributed by atoms with van der Waals surface area (Å²) in [5, 5.41) is 2.74. The molecule has 27 heavy (non-hydrogen) atoms. The molecule has 0 aromatic heterocycles. The molecule has 0 radical (unpaired) electrons. The van der Waals surface area contributed by atoms with Crippen molar-refractivity contribution in [2.24, 2.45) is 0 Å². The summed E-state index contributed by atoms with van der Waals surface area (Å²) in [5.41, 5.74) is 2.00. The highest BCUT2D eigenvalue weighted by molar-refractivity contribution is 7.88. The average molecular weight is 391 g/mol. The second-order valence-electron chi connectivity index (χ2n) is 6.35. The van der Waals surface area contributed by atoms with Crippen molar-refractivity contribution >= 4 is 15.9 Å². The smallest absolute Gasteiger partial charge is 0.223 e. The fourth-order valence-electron chi connectivity index (χ4n) is 2.56. The van der Waals surface area contributed by atoms with Crippen LogP contribution in [-0.2, 0) is 21.4 Å². The highest BCUT2D eigenvalue weighted by Gasteiger charge is 2.17. The van der Waals surface area contributed by atoms with E-state index in [4.69, 9.17) is 4.74 Å². The summed E-state index contributed by atoms with van der Waals surface area (Å²) in [6.45, 7) is 3.00. The minimum absolute atomic E-state index is 0.171. The summed E-state index contributed by atoms with van der Waals surface area (Å²) >= 11 is 0. The van der Waals surface area contributed by atoms with Crippen molar-refractivity contribution in [1.82, 2.24) is 9.62 Å². The van der Waals surface area contributed by atoms with Crippen LogP contribution in [-0.4, -0.2) is 44.6 Å². The Morgan fingerprint density at radius 1 is 1.11 bits per heavy atom. The zero-order valence-electron chi connectivity index (χ0n) is 15.7. The normalized spacial score (nSPS) is 11.4. The predicted molar refractivity (Wildman–Crippen MR) is 106 cm³/mol. The third-order valence-corrected chi connectivity index (χ3v) is 5.18. The van der Waals surface area contributed by atoms with Gasteiger partial charge in [-0.1, -0.05) is 48.0 Å². The van der Waals surface area contributed by atoms with Gasteiger partial charge in [0.25, 0.3) is 0 Å². The average Bonchev–Trinajstić information content (AvgIpc) is 2.61. The van der Waals surface area contributed by atoms with Crippen molar-refractivity contribution in [3.05, 3.63) is 65.7 Å². The Bertz CT molecular complexity index is 838. The van der Waals surface area contributed by atoms with E-state index >= 15 is 0 Å². The molecule has 0 spiro atoms. The van der Waals surface area contributed by atoms with E-state index < -0.39 is 10.0 Å². The number of sulfonamides is 1. The molecule has 6 nitrogen and oxygen atoms in total. The molecule has 0 fully saturated rings. The first-order chi connectivity index (χ1) is 12.8. The molecule has 2 rings (SSSR count). The van der Waals surface area contributed by atoms with E-state index in [9.17, 15) is 13.2 Å². The van der Waals surface area contributed by atoms with Gasteiger partial charge >= 0.3 is 0 Å². The third kappa shape index (κ3) is 7.80. The van der Waals surface area contributed by atoms with E-state index in [0.29, 0.717) is 5.75 Å². The van der Waals surface area contributed by atoms with E-state index in [-0.39, 0.29) is 38.6 Å². The van der Waals surface area contributed by atoms with Gasteiger partial charge in [-0.05, 0) is 24.6 Å². The number of aryl methyl sites for hydroxylation is 1. The second kappa shape index (κ2) is 10.1. The first kappa shape index (κ1) is 20.9. The standard InChI is InChI=1S/C20H26N2O4S/c1-17-7-6-8-18(15-17)16-22(27(2,24)25)13-12-21-20(23)11-14-26-19-9-4-3-5-10-19/h3-10,15H,11-14,16H2,1-2H3,(H,21,23). The lowest BCUT2D eigenvalue weighted by Gasteiger charge is -2.20. The summed E-state index contributed by atoms with van der Waals surface area (Å²) in [6, 6.07) is 17.0. The Labute approximate surface area is 161 Å². The van der Waals surface area contributed by atoms with E-state index in [1.165, 1.54) is 10.6 Å². The molecule has 0 aliphatic heterocycles. The summed E-state index contributed by atoms with van der Waals surface area (Å²) in [7, 11) is -3.37. The van der Waals surface area contributed by atoms with E-state index in [1.807, 2.05) is 61.5 Å². The largest absolute Gasteiger partial charge is 0.493 e. The summed E-state index contributed by atoms with van der Waals surface area (Å²) in [4.78, 5) is 11.9.